The molecule has 1 aromatic heterocycles. The second kappa shape index (κ2) is 9.05. The number of carbonyl (C=O) groups is 1. The van der Waals surface area contributed by atoms with Crippen LogP contribution in [0.4, 0.5) is 0 Å². The van der Waals surface area contributed by atoms with Gasteiger partial charge in [-0.2, -0.15) is 0 Å². The molecule has 0 unspecified atom stereocenters. The Bertz CT molecular complexity index is 778. The fraction of sp³-hybridized carbons (Fsp3) is 0.476. The number of methoxy groups -OCH3 is 2. The molecule has 0 bridgehead atoms. The number of nitrogens with one attached hydrogen (secondary N) is 1. The van der Waals surface area contributed by atoms with Gasteiger partial charge in [-0.25, -0.2) is 0 Å². The lowest BCUT2D eigenvalue weighted by Gasteiger charge is -2.48. The first-order valence-electron chi connectivity index (χ1n) is 9.35. The predicted molar refractivity (Wildman–Crippen MR) is 110 cm³/mol. The van der Waals surface area contributed by atoms with Gasteiger partial charge in [-0.05, 0) is 42.5 Å². The topological polar surface area (TPSA) is 71.0 Å². The van der Waals surface area contributed by atoms with E-state index in [0.29, 0.717) is 13.0 Å². The molecule has 1 saturated heterocycles. The maximum atomic E-state index is 12.3. The third kappa shape index (κ3) is 4.72. The van der Waals surface area contributed by atoms with Crippen LogP contribution >= 0.6 is 11.3 Å². The van der Waals surface area contributed by atoms with E-state index >= 15 is 0 Å². The molecule has 2 heterocycles. The molecule has 0 spiro atoms. The molecule has 1 amide bonds. The fourth-order valence-corrected chi connectivity index (χ4v) is 4.68. The van der Waals surface area contributed by atoms with Gasteiger partial charge < -0.3 is 19.9 Å². The maximum Gasteiger partial charge on any atom is 0.246 e. The van der Waals surface area contributed by atoms with Gasteiger partial charge in [-0.15, -0.1) is 11.3 Å². The number of piperidine rings is 1. The smallest absolute Gasteiger partial charge is 0.246 e. The summed E-state index contributed by atoms with van der Waals surface area (Å²) in [5, 5.41) is 16.1. The number of hydrogen-bond acceptors (Lipinski definition) is 6. The van der Waals surface area contributed by atoms with Crippen molar-refractivity contribution in [2.45, 2.75) is 37.6 Å². The molecular formula is C21H28N2O4S. The molecule has 152 valence electrons. The van der Waals surface area contributed by atoms with Crippen molar-refractivity contribution >= 4 is 17.2 Å². The van der Waals surface area contributed by atoms with Gasteiger partial charge in [0.15, 0.2) is 0 Å². The molecule has 3 atom stereocenters. The Morgan fingerprint density at radius 3 is 2.86 bits per heavy atom. The van der Waals surface area contributed by atoms with Crippen molar-refractivity contribution in [1.29, 1.82) is 0 Å². The van der Waals surface area contributed by atoms with Crippen molar-refractivity contribution in [1.82, 2.24) is 10.2 Å². The van der Waals surface area contributed by atoms with E-state index in [-0.39, 0.29) is 18.6 Å². The normalized spacial score (nSPS) is 25.4. The molecular weight excluding hydrogens is 376 g/mol. The minimum absolute atomic E-state index is 0.0282. The third-order valence-electron chi connectivity index (χ3n) is 5.23. The van der Waals surface area contributed by atoms with E-state index in [0.717, 1.165) is 22.7 Å². The lowest BCUT2D eigenvalue weighted by Crippen LogP contribution is -2.62. The highest BCUT2D eigenvalue weighted by Crippen LogP contribution is 2.39. The second-order valence-corrected chi connectivity index (χ2v) is 8.35. The first-order valence-corrected chi connectivity index (χ1v) is 10.2. The number of thiophene rings is 1. The van der Waals surface area contributed by atoms with Gasteiger partial charge in [0.1, 0.15) is 12.4 Å². The lowest BCUT2D eigenvalue weighted by molar-refractivity contribution is -0.132. The molecule has 0 saturated carbocycles. The van der Waals surface area contributed by atoms with E-state index in [1.54, 1.807) is 25.4 Å². The van der Waals surface area contributed by atoms with E-state index in [1.165, 1.54) is 7.11 Å². The molecule has 1 aliphatic rings. The minimum Gasteiger partial charge on any atom is -0.497 e. The first kappa shape index (κ1) is 20.8. The molecule has 3 rings (SSSR count). The van der Waals surface area contributed by atoms with Crippen molar-refractivity contribution in [3.63, 3.8) is 0 Å². The van der Waals surface area contributed by atoms with E-state index in [2.05, 4.69) is 22.3 Å². The maximum absolute atomic E-state index is 12.3. The van der Waals surface area contributed by atoms with Crippen LogP contribution in [0.25, 0.3) is 0 Å². The molecule has 2 N–H and O–H groups in total. The standard InChI is InChI=1S/C21H28N2O4S/c1-21(25)9-10-23(13-15-6-4-7-16(12-15)27-3)19(17-8-5-11-28-17)20(21)22-18(24)14-26-2/h4-8,11-12,19-20,25H,9-10,13-14H2,1-3H3,(H,22,24)/t19-,20-,21+/m0/s1. The predicted octanol–water partition coefficient (Wildman–Crippen LogP) is 2.59. The number of nitrogens with zero attached hydrogens (tertiary/aromatic N) is 1. The molecule has 0 aliphatic carbocycles. The summed E-state index contributed by atoms with van der Waals surface area (Å²) in [4.78, 5) is 15.7. The van der Waals surface area contributed by atoms with Crippen LogP contribution < -0.4 is 10.1 Å². The number of ether oxygens (including phenoxy) is 2. The van der Waals surface area contributed by atoms with Gasteiger partial charge in [0.25, 0.3) is 0 Å². The Morgan fingerprint density at radius 1 is 1.36 bits per heavy atom. The van der Waals surface area contributed by atoms with Gasteiger partial charge in [0, 0.05) is 25.1 Å². The Hall–Kier alpha value is -1.93. The highest BCUT2D eigenvalue weighted by Gasteiger charge is 2.46. The number of rotatable bonds is 7. The number of carbonyl (C=O) groups excluding carboxylic acids is 1. The van der Waals surface area contributed by atoms with Crippen LogP contribution in [0, 0.1) is 0 Å². The van der Waals surface area contributed by atoms with Crippen molar-refractivity contribution in [3.8, 4) is 5.75 Å². The zero-order chi connectivity index (χ0) is 20.1. The summed E-state index contributed by atoms with van der Waals surface area (Å²) in [6, 6.07) is 11.5. The Balaban J connectivity index is 1.91. The molecule has 7 heteroatoms. The first-order chi connectivity index (χ1) is 13.4. The average Bonchev–Trinajstić information content (AvgIpc) is 3.19. The molecule has 1 fully saturated rings. The molecule has 2 aromatic rings. The van der Waals surface area contributed by atoms with Crippen LogP contribution in [0.2, 0.25) is 0 Å². The third-order valence-corrected chi connectivity index (χ3v) is 6.17. The monoisotopic (exact) mass is 404 g/mol. The summed E-state index contributed by atoms with van der Waals surface area (Å²) >= 11 is 1.64. The molecule has 28 heavy (non-hydrogen) atoms. The number of hydrogen-bond donors (Lipinski definition) is 2. The summed E-state index contributed by atoms with van der Waals surface area (Å²) in [7, 11) is 3.15. The summed E-state index contributed by atoms with van der Waals surface area (Å²) in [5.41, 5.74) is 0.118. The van der Waals surface area contributed by atoms with Gasteiger partial charge in [-0.3, -0.25) is 9.69 Å². The van der Waals surface area contributed by atoms with E-state index in [9.17, 15) is 9.90 Å². The van der Waals surface area contributed by atoms with E-state index in [4.69, 9.17) is 9.47 Å². The van der Waals surface area contributed by atoms with Crippen LogP contribution in [-0.2, 0) is 16.1 Å². The number of likely N-dealkylation sites (tertiary alicyclic amines) is 1. The van der Waals surface area contributed by atoms with Crippen LogP contribution in [0.15, 0.2) is 41.8 Å². The van der Waals surface area contributed by atoms with Crippen LogP contribution in [0.1, 0.15) is 29.8 Å². The quantitative estimate of drug-likeness (QED) is 0.742. The Morgan fingerprint density at radius 2 is 2.18 bits per heavy atom. The zero-order valence-electron chi connectivity index (χ0n) is 16.6. The highest BCUT2D eigenvalue weighted by molar-refractivity contribution is 7.10. The van der Waals surface area contributed by atoms with Crippen molar-refractivity contribution in [3.05, 3.63) is 52.2 Å². The van der Waals surface area contributed by atoms with E-state index in [1.807, 2.05) is 29.6 Å². The number of aliphatic hydroxyl groups is 1. The SMILES string of the molecule is COCC(=O)N[C@H]1[C@H](c2cccs2)N(Cc2cccc(OC)c2)CC[C@@]1(C)O. The molecule has 1 aromatic carbocycles. The molecule has 6 nitrogen and oxygen atoms in total. The number of benzene rings is 1. The van der Waals surface area contributed by atoms with E-state index < -0.39 is 11.6 Å². The largest absolute Gasteiger partial charge is 0.497 e. The van der Waals surface area contributed by atoms with Crippen molar-refractivity contribution in [2.75, 3.05) is 27.4 Å². The van der Waals surface area contributed by atoms with Crippen molar-refractivity contribution < 1.29 is 19.4 Å². The Kier molecular flexibility index (Phi) is 6.72. The van der Waals surface area contributed by atoms with Gasteiger partial charge in [-0.1, -0.05) is 18.2 Å². The Labute approximate surface area is 170 Å². The van der Waals surface area contributed by atoms with Crippen LogP contribution in [0.3, 0.4) is 0 Å². The summed E-state index contributed by atoms with van der Waals surface area (Å²) < 4.78 is 10.3. The zero-order valence-corrected chi connectivity index (χ0v) is 17.4. The lowest BCUT2D eigenvalue weighted by atomic mass is 9.81. The summed E-state index contributed by atoms with van der Waals surface area (Å²) in [5.74, 6) is 0.594. The van der Waals surface area contributed by atoms with Crippen LogP contribution in [-0.4, -0.2) is 54.9 Å². The summed E-state index contributed by atoms with van der Waals surface area (Å²) in [6.07, 6.45) is 0.566. The highest BCUT2D eigenvalue weighted by atomic mass is 32.1. The fourth-order valence-electron chi connectivity index (χ4n) is 3.78. The van der Waals surface area contributed by atoms with Crippen molar-refractivity contribution in [2.24, 2.45) is 0 Å². The summed E-state index contributed by atoms with van der Waals surface area (Å²) in [6.45, 7) is 3.20. The minimum atomic E-state index is -1.01. The molecule has 0 radical (unpaired) electrons. The van der Waals surface area contributed by atoms with Gasteiger partial charge in [0.05, 0.1) is 24.8 Å². The van der Waals surface area contributed by atoms with Gasteiger partial charge in [0.2, 0.25) is 5.91 Å². The second-order valence-electron chi connectivity index (χ2n) is 7.37. The van der Waals surface area contributed by atoms with Gasteiger partial charge >= 0.3 is 0 Å². The van der Waals surface area contributed by atoms with Crippen LogP contribution in [0.5, 0.6) is 5.75 Å². The number of amides is 1. The average molecular weight is 405 g/mol. The molecule has 1 aliphatic heterocycles.